The summed E-state index contributed by atoms with van der Waals surface area (Å²) in [5.74, 6) is 2.50. The van der Waals surface area contributed by atoms with Gasteiger partial charge in [-0.25, -0.2) is 0 Å². The van der Waals surface area contributed by atoms with Crippen molar-refractivity contribution in [1.82, 2.24) is 5.32 Å². The monoisotopic (exact) mass is 277 g/mol. The molecule has 20 heavy (non-hydrogen) atoms. The Balaban J connectivity index is 2.61. The van der Waals surface area contributed by atoms with Crippen molar-refractivity contribution in [1.29, 1.82) is 0 Å². The van der Waals surface area contributed by atoms with Crippen molar-refractivity contribution in [2.24, 2.45) is 11.8 Å². The highest BCUT2D eigenvalue weighted by atomic mass is 16.5. The van der Waals surface area contributed by atoms with Crippen LogP contribution < -0.4 is 10.1 Å². The van der Waals surface area contributed by atoms with Gasteiger partial charge in [-0.1, -0.05) is 45.4 Å². The Morgan fingerprint density at radius 3 is 2.55 bits per heavy atom. The van der Waals surface area contributed by atoms with Gasteiger partial charge in [-0.2, -0.15) is 0 Å². The standard InChI is InChI=1S/C18H31NO/c1-5-12-19-14-16(11-10-15(2)3)13-17-8-6-7-9-18(17)20-4/h6-9,15-16,19H,5,10-14H2,1-4H3. The molecule has 0 amide bonds. The van der Waals surface area contributed by atoms with E-state index in [0.29, 0.717) is 5.92 Å². The average molecular weight is 277 g/mol. The molecule has 2 nitrogen and oxygen atoms in total. The number of para-hydroxylation sites is 1. The predicted molar refractivity (Wildman–Crippen MR) is 87.4 cm³/mol. The molecule has 0 saturated carbocycles. The van der Waals surface area contributed by atoms with Crippen LogP contribution in [-0.4, -0.2) is 20.2 Å². The van der Waals surface area contributed by atoms with Gasteiger partial charge in [0.1, 0.15) is 5.75 Å². The van der Waals surface area contributed by atoms with Crippen LogP contribution in [0.25, 0.3) is 0 Å². The SMILES string of the molecule is CCCNCC(CCC(C)C)Cc1ccccc1OC. The van der Waals surface area contributed by atoms with Crippen molar-refractivity contribution in [3.05, 3.63) is 29.8 Å². The van der Waals surface area contributed by atoms with Crippen LogP contribution in [0.3, 0.4) is 0 Å². The molecule has 0 aliphatic heterocycles. The number of rotatable bonds is 10. The van der Waals surface area contributed by atoms with Crippen molar-refractivity contribution < 1.29 is 4.74 Å². The Labute approximate surface area is 124 Å². The lowest BCUT2D eigenvalue weighted by Crippen LogP contribution is -2.25. The summed E-state index contributed by atoms with van der Waals surface area (Å²) in [6, 6.07) is 8.41. The molecule has 0 spiro atoms. The van der Waals surface area contributed by atoms with Gasteiger partial charge in [0.2, 0.25) is 0 Å². The minimum absolute atomic E-state index is 0.695. The van der Waals surface area contributed by atoms with Crippen LogP contribution in [0.4, 0.5) is 0 Å². The summed E-state index contributed by atoms with van der Waals surface area (Å²) < 4.78 is 5.48. The highest BCUT2D eigenvalue weighted by molar-refractivity contribution is 5.33. The van der Waals surface area contributed by atoms with Crippen LogP contribution in [0.5, 0.6) is 5.75 Å². The molecule has 0 aliphatic carbocycles. The van der Waals surface area contributed by atoms with E-state index in [-0.39, 0.29) is 0 Å². The van der Waals surface area contributed by atoms with Crippen molar-refractivity contribution in [2.75, 3.05) is 20.2 Å². The summed E-state index contributed by atoms with van der Waals surface area (Å²) in [5.41, 5.74) is 1.34. The van der Waals surface area contributed by atoms with Crippen LogP contribution in [0.1, 0.15) is 45.6 Å². The fourth-order valence-electron chi connectivity index (χ4n) is 2.51. The molecule has 1 atom stereocenters. The number of ether oxygens (including phenoxy) is 1. The van der Waals surface area contributed by atoms with Gasteiger partial charge in [-0.05, 0) is 55.8 Å². The second-order valence-electron chi connectivity index (χ2n) is 6.06. The number of benzene rings is 1. The average Bonchev–Trinajstić information content (AvgIpc) is 2.45. The summed E-state index contributed by atoms with van der Waals surface area (Å²) in [5, 5.41) is 3.58. The number of hydrogen-bond donors (Lipinski definition) is 1. The molecular formula is C18H31NO. The lowest BCUT2D eigenvalue weighted by atomic mass is 9.91. The molecule has 0 bridgehead atoms. The zero-order valence-corrected chi connectivity index (χ0v) is 13.6. The highest BCUT2D eigenvalue weighted by Crippen LogP contribution is 2.23. The zero-order valence-electron chi connectivity index (χ0n) is 13.6. The van der Waals surface area contributed by atoms with Crippen molar-refractivity contribution in [2.45, 2.75) is 46.5 Å². The first-order valence-electron chi connectivity index (χ1n) is 8.00. The summed E-state index contributed by atoms with van der Waals surface area (Å²) in [6.45, 7) is 9.05. The van der Waals surface area contributed by atoms with Gasteiger partial charge in [-0.15, -0.1) is 0 Å². The normalized spacial score (nSPS) is 12.7. The lowest BCUT2D eigenvalue weighted by Gasteiger charge is -2.20. The Morgan fingerprint density at radius 2 is 1.90 bits per heavy atom. The van der Waals surface area contributed by atoms with Gasteiger partial charge in [-0.3, -0.25) is 0 Å². The van der Waals surface area contributed by atoms with Gasteiger partial charge in [0.25, 0.3) is 0 Å². The highest BCUT2D eigenvalue weighted by Gasteiger charge is 2.13. The van der Waals surface area contributed by atoms with Gasteiger partial charge >= 0.3 is 0 Å². The molecule has 2 heteroatoms. The summed E-state index contributed by atoms with van der Waals surface area (Å²) in [7, 11) is 1.76. The molecule has 0 saturated heterocycles. The van der Waals surface area contributed by atoms with Gasteiger partial charge in [0.15, 0.2) is 0 Å². The number of nitrogens with one attached hydrogen (secondary N) is 1. The molecule has 0 heterocycles. The maximum absolute atomic E-state index is 5.48. The van der Waals surface area contributed by atoms with Crippen LogP contribution in [0.2, 0.25) is 0 Å². The smallest absolute Gasteiger partial charge is 0.122 e. The first-order valence-corrected chi connectivity index (χ1v) is 8.00. The van der Waals surface area contributed by atoms with Gasteiger partial charge in [0.05, 0.1) is 7.11 Å². The summed E-state index contributed by atoms with van der Waals surface area (Å²) in [6.07, 6.45) is 4.89. The first kappa shape index (κ1) is 17.0. The second-order valence-corrected chi connectivity index (χ2v) is 6.06. The van der Waals surface area contributed by atoms with Crippen molar-refractivity contribution in [3.8, 4) is 5.75 Å². The zero-order chi connectivity index (χ0) is 14.8. The third-order valence-corrected chi connectivity index (χ3v) is 3.71. The molecule has 0 aromatic heterocycles. The predicted octanol–water partition coefficient (Wildman–Crippen LogP) is 4.29. The summed E-state index contributed by atoms with van der Waals surface area (Å²) >= 11 is 0. The van der Waals surface area contributed by atoms with E-state index >= 15 is 0 Å². The summed E-state index contributed by atoms with van der Waals surface area (Å²) in [4.78, 5) is 0. The largest absolute Gasteiger partial charge is 0.496 e. The first-order chi connectivity index (χ1) is 9.67. The third kappa shape index (κ3) is 6.42. The Kier molecular flexibility index (Phi) is 8.36. The maximum Gasteiger partial charge on any atom is 0.122 e. The molecule has 1 aromatic rings. The molecule has 1 aromatic carbocycles. The van der Waals surface area contributed by atoms with Crippen LogP contribution >= 0.6 is 0 Å². The fraction of sp³-hybridized carbons (Fsp3) is 0.667. The van der Waals surface area contributed by atoms with E-state index in [2.05, 4.69) is 44.3 Å². The Hall–Kier alpha value is -1.02. The van der Waals surface area contributed by atoms with E-state index < -0.39 is 0 Å². The van der Waals surface area contributed by atoms with E-state index in [1.807, 2.05) is 6.07 Å². The molecule has 0 aliphatic rings. The molecule has 1 rings (SSSR count). The molecule has 0 radical (unpaired) electrons. The van der Waals surface area contributed by atoms with Crippen molar-refractivity contribution >= 4 is 0 Å². The lowest BCUT2D eigenvalue weighted by molar-refractivity contribution is 0.380. The molecule has 0 fully saturated rings. The van der Waals surface area contributed by atoms with Crippen LogP contribution in [0, 0.1) is 11.8 Å². The van der Waals surface area contributed by atoms with E-state index in [9.17, 15) is 0 Å². The third-order valence-electron chi connectivity index (χ3n) is 3.71. The molecule has 1 unspecified atom stereocenters. The quantitative estimate of drug-likeness (QED) is 0.644. The van der Waals surface area contributed by atoms with Gasteiger partial charge < -0.3 is 10.1 Å². The maximum atomic E-state index is 5.48. The Morgan fingerprint density at radius 1 is 1.15 bits per heavy atom. The van der Waals surface area contributed by atoms with Crippen LogP contribution in [0.15, 0.2) is 24.3 Å². The van der Waals surface area contributed by atoms with Gasteiger partial charge in [0, 0.05) is 0 Å². The fourth-order valence-corrected chi connectivity index (χ4v) is 2.51. The van der Waals surface area contributed by atoms with Crippen LogP contribution in [-0.2, 0) is 6.42 Å². The molecular weight excluding hydrogens is 246 g/mol. The minimum Gasteiger partial charge on any atom is -0.496 e. The Bertz CT molecular complexity index is 362. The van der Waals surface area contributed by atoms with E-state index in [1.165, 1.54) is 24.8 Å². The number of methoxy groups -OCH3 is 1. The minimum atomic E-state index is 0.695. The molecule has 1 N–H and O–H groups in total. The molecule has 114 valence electrons. The van der Waals surface area contributed by atoms with E-state index in [4.69, 9.17) is 4.74 Å². The van der Waals surface area contributed by atoms with Crippen molar-refractivity contribution in [3.63, 3.8) is 0 Å². The van der Waals surface area contributed by atoms with E-state index in [0.717, 1.165) is 31.2 Å². The number of hydrogen-bond acceptors (Lipinski definition) is 2. The topological polar surface area (TPSA) is 21.3 Å². The second kappa shape index (κ2) is 9.82. The van der Waals surface area contributed by atoms with E-state index in [1.54, 1.807) is 7.11 Å².